The minimum Gasteiger partial charge on any atom is -0.388 e. The molecule has 21 heavy (non-hydrogen) atoms. The molecule has 2 heteroatoms. The highest BCUT2D eigenvalue weighted by atomic mass is 35.5. The number of rotatable bonds is 3. The lowest BCUT2D eigenvalue weighted by molar-refractivity contribution is 0.153. The molecule has 1 aliphatic carbocycles. The van der Waals surface area contributed by atoms with E-state index in [4.69, 9.17) is 11.6 Å². The lowest BCUT2D eigenvalue weighted by Gasteiger charge is -2.27. The zero-order valence-corrected chi connectivity index (χ0v) is 13.1. The average Bonchev–Trinajstić information content (AvgIpc) is 2.47. The van der Waals surface area contributed by atoms with Crippen LogP contribution < -0.4 is 0 Å². The second kappa shape index (κ2) is 6.21. The molecule has 0 heterocycles. The van der Waals surface area contributed by atoms with E-state index in [1.165, 1.54) is 30.4 Å². The highest BCUT2D eigenvalue weighted by Gasteiger charge is 2.23. The molecule has 1 aliphatic rings. The third-order valence-electron chi connectivity index (χ3n) is 4.59. The normalized spacial score (nSPS) is 19.1. The van der Waals surface area contributed by atoms with Gasteiger partial charge in [0, 0.05) is 5.02 Å². The highest BCUT2D eigenvalue weighted by Crippen LogP contribution is 2.38. The molecule has 0 fully saturated rings. The molecule has 0 aromatic heterocycles. The van der Waals surface area contributed by atoms with Crippen LogP contribution in [-0.2, 0) is 6.42 Å². The van der Waals surface area contributed by atoms with E-state index in [2.05, 4.69) is 24.3 Å². The Labute approximate surface area is 131 Å². The van der Waals surface area contributed by atoms with E-state index in [-0.39, 0.29) is 0 Å². The summed E-state index contributed by atoms with van der Waals surface area (Å²) in [6, 6.07) is 14.4. The van der Waals surface area contributed by atoms with Crippen LogP contribution in [0.2, 0.25) is 5.02 Å². The first-order valence-corrected chi connectivity index (χ1v) is 8.05. The predicted octanol–water partition coefficient (Wildman–Crippen LogP) is 5.19. The van der Waals surface area contributed by atoms with E-state index >= 15 is 0 Å². The van der Waals surface area contributed by atoms with Gasteiger partial charge in [-0.1, -0.05) is 41.9 Å². The van der Waals surface area contributed by atoms with Gasteiger partial charge in [0.05, 0.1) is 6.10 Å². The molecule has 1 N–H and O–H groups in total. The summed E-state index contributed by atoms with van der Waals surface area (Å²) in [5, 5.41) is 11.4. The first-order chi connectivity index (χ1) is 10.1. The van der Waals surface area contributed by atoms with Gasteiger partial charge in [-0.25, -0.2) is 0 Å². The molecule has 2 aromatic rings. The van der Waals surface area contributed by atoms with Crippen LogP contribution in [0.5, 0.6) is 0 Å². The fourth-order valence-electron chi connectivity index (χ4n) is 3.51. The van der Waals surface area contributed by atoms with Crippen molar-refractivity contribution < 1.29 is 5.11 Å². The maximum atomic E-state index is 10.6. The summed E-state index contributed by atoms with van der Waals surface area (Å²) in [7, 11) is 0. The lowest BCUT2D eigenvalue weighted by atomic mass is 9.79. The van der Waals surface area contributed by atoms with Crippen LogP contribution in [0, 0.1) is 6.92 Å². The van der Waals surface area contributed by atoms with Gasteiger partial charge in [-0.3, -0.25) is 0 Å². The van der Waals surface area contributed by atoms with Gasteiger partial charge < -0.3 is 5.11 Å². The number of hydrogen-bond acceptors (Lipinski definition) is 1. The largest absolute Gasteiger partial charge is 0.388 e. The zero-order valence-electron chi connectivity index (χ0n) is 12.3. The van der Waals surface area contributed by atoms with E-state index < -0.39 is 6.10 Å². The van der Waals surface area contributed by atoms with E-state index in [9.17, 15) is 5.11 Å². The molecule has 2 unspecified atom stereocenters. The Morgan fingerprint density at radius 1 is 1.24 bits per heavy atom. The number of hydrogen-bond donors (Lipinski definition) is 1. The standard InChI is InChI=1S/C19H21ClO/c1-13-11-16(20)9-10-17(13)19(21)12-15-7-4-6-14-5-2-3-8-18(14)15/h2-3,5,8-11,15,19,21H,4,6-7,12H2,1H3. The summed E-state index contributed by atoms with van der Waals surface area (Å²) < 4.78 is 0. The SMILES string of the molecule is Cc1cc(Cl)ccc1C(O)CC1CCCc2ccccc21. The predicted molar refractivity (Wildman–Crippen MR) is 87.9 cm³/mol. The van der Waals surface area contributed by atoms with Crippen LogP contribution >= 0.6 is 11.6 Å². The van der Waals surface area contributed by atoms with Crippen LogP contribution in [0.3, 0.4) is 0 Å². The van der Waals surface area contributed by atoms with E-state index in [0.29, 0.717) is 5.92 Å². The van der Waals surface area contributed by atoms with Crippen molar-refractivity contribution in [2.24, 2.45) is 0 Å². The molecule has 1 nitrogen and oxygen atoms in total. The highest BCUT2D eigenvalue weighted by molar-refractivity contribution is 6.30. The van der Waals surface area contributed by atoms with Crippen LogP contribution in [0.25, 0.3) is 0 Å². The lowest BCUT2D eigenvalue weighted by Crippen LogP contribution is -2.13. The van der Waals surface area contributed by atoms with Crippen LogP contribution in [0.15, 0.2) is 42.5 Å². The second-order valence-electron chi connectivity index (χ2n) is 6.04. The van der Waals surface area contributed by atoms with Gasteiger partial charge in [-0.2, -0.15) is 0 Å². The molecule has 110 valence electrons. The summed E-state index contributed by atoms with van der Waals surface area (Å²) in [6.07, 6.45) is 3.93. The average molecular weight is 301 g/mol. The molecule has 0 spiro atoms. The third-order valence-corrected chi connectivity index (χ3v) is 4.83. The Bertz CT molecular complexity index is 635. The Morgan fingerprint density at radius 2 is 2.05 bits per heavy atom. The van der Waals surface area contributed by atoms with Crippen LogP contribution in [0.1, 0.15) is 53.5 Å². The van der Waals surface area contributed by atoms with Gasteiger partial charge in [0.1, 0.15) is 0 Å². The number of benzene rings is 2. The fraction of sp³-hybridized carbons (Fsp3) is 0.368. The Kier molecular flexibility index (Phi) is 4.32. The summed E-state index contributed by atoms with van der Waals surface area (Å²) in [5.41, 5.74) is 4.95. The molecule has 0 saturated carbocycles. The second-order valence-corrected chi connectivity index (χ2v) is 6.48. The molecule has 0 saturated heterocycles. The Balaban J connectivity index is 1.81. The third kappa shape index (κ3) is 3.14. The topological polar surface area (TPSA) is 20.2 Å². The maximum Gasteiger partial charge on any atom is 0.0798 e. The van der Waals surface area contributed by atoms with Crippen molar-refractivity contribution in [3.8, 4) is 0 Å². The minimum atomic E-state index is -0.418. The monoisotopic (exact) mass is 300 g/mol. The van der Waals surface area contributed by atoms with Gasteiger partial charge in [0.2, 0.25) is 0 Å². The molecule has 2 aromatic carbocycles. The zero-order chi connectivity index (χ0) is 14.8. The van der Waals surface area contributed by atoms with Crippen molar-refractivity contribution in [1.82, 2.24) is 0 Å². The van der Waals surface area contributed by atoms with Gasteiger partial charge in [0.15, 0.2) is 0 Å². The first-order valence-electron chi connectivity index (χ1n) is 7.67. The van der Waals surface area contributed by atoms with Crippen molar-refractivity contribution in [1.29, 1.82) is 0 Å². The number of aryl methyl sites for hydroxylation is 2. The molecular formula is C19H21ClO. The molecular weight excluding hydrogens is 280 g/mol. The van der Waals surface area contributed by atoms with Gasteiger partial charge in [0.25, 0.3) is 0 Å². The van der Waals surface area contributed by atoms with E-state index in [1.54, 1.807) is 0 Å². The molecule has 2 atom stereocenters. The fourth-order valence-corrected chi connectivity index (χ4v) is 3.74. The Morgan fingerprint density at radius 3 is 2.86 bits per heavy atom. The maximum absolute atomic E-state index is 10.6. The van der Waals surface area contributed by atoms with E-state index in [0.717, 1.165) is 22.6 Å². The van der Waals surface area contributed by atoms with Crippen molar-refractivity contribution in [3.05, 3.63) is 69.7 Å². The van der Waals surface area contributed by atoms with Crippen LogP contribution in [-0.4, -0.2) is 5.11 Å². The number of halogens is 1. The van der Waals surface area contributed by atoms with Gasteiger partial charge >= 0.3 is 0 Å². The van der Waals surface area contributed by atoms with Crippen molar-refractivity contribution in [3.63, 3.8) is 0 Å². The summed E-state index contributed by atoms with van der Waals surface area (Å²) in [6.45, 7) is 2.01. The van der Waals surface area contributed by atoms with Gasteiger partial charge in [-0.05, 0) is 72.9 Å². The molecule has 0 amide bonds. The molecule has 3 rings (SSSR count). The first kappa shape index (κ1) is 14.6. The summed E-state index contributed by atoms with van der Waals surface area (Å²) in [5.74, 6) is 0.458. The minimum absolute atomic E-state index is 0.418. The molecule has 0 radical (unpaired) electrons. The van der Waals surface area contributed by atoms with Gasteiger partial charge in [-0.15, -0.1) is 0 Å². The van der Waals surface area contributed by atoms with Crippen molar-refractivity contribution in [2.45, 2.75) is 44.6 Å². The Hall–Kier alpha value is -1.31. The van der Waals surface area contributed by atoms with E-state index in [1.807, 2.05) is 25.1 Å². The smallest absolute Gasteiger partial charge is 0.0798 e. The quantitative estimate of drug-likeness (QED) is 0.827. The van der Waals surface area contributed by atoms with Crippen molar-refractivity contribution in [2.75, 3.05) is 0 Å². The van der Waals surface area contributed by atoms with Crippen molar-refractivity contribution >= 4 is 11.6 Å². The summed E-state index contributed by atoms with van der Waals surface area (Å²) in [4.78, 5) is 0. The molecule has 0 bridgehead atoms. The van der Waals surface area contributed by atoms with Crippen LogP contribution in [0.4, 0.5) is 0 Å². The number of fused-ring (bicyclic) bond motifs is 1. The number of aliphatic hydroxyl groups is 1. The summed E-state index contributed by atoms with van der Waals surface area (Å²) >= 11 is 6.00. The molecule has 0 aliphatic heterocycles. The number of aliphatic hydroxyl groups excluding tert-OH is 1.